The third-order valence-electron chi connectivity index (χ3n) is 5.02. The molecule has 3 aromatic rings. The number of aryl methyl sites for hydroxylation is 4. The van der Waals surface area contributed by atoms with Gasteiger partial charge in [0.05, 0.1) is 10.3 Å². The van der Waals surface area contributed by atoms with Gasteiger partial charge in [-0.3, -0.25) is 19.0 Å². The zero-order valence-corrected chi connectivity index (χ0v) is 17.9. The van der Waals surface area contributed by atoms with E-state index in [9.17, 15) is 14.4 Å². The molecular formula is C21H24N4O3S. The molecule has 1 atom stereocenters. The highest BCUT2D eigenvalue weighted by molar-refractivity contribution is 7.20. The molecule has 0 saturated heterocycles. The topological polar surface area (TPSA) is 107 Å². The molecule has 3 rings (SSSR count). The number of carbonyl (C=O) groups is 2. The maximum absolute atomic E-state index is 13.2. The predicted molar refractivity (Wildman–Crippen MR) is 116 cm³/mol. The Kier molecular flexibility index (Phi) is 5.57. The van der Waals surface area contributed by atoms with E-state index in [0.29, 0.717) is 32.9 Å². The SMILES string of the molecule is CCc1nc2sc(C(=O)Nc3ccc(C)cc3C)c(C)c2c(=O)n1C(C)C(N)=O. The molecule has 2 heterocycles. The van der Waals surface area contributed by atoms with Crippen molar-refractivity contribution >= 4 is 39.1 Å². The maximum atomic E-state index is 13.2. The number of primary amides is 1. The number of nitrogens with zero attached hydrogens (tertiary/aromatic N) is 2. The van der Waals surface area contributed by atoms with Crippen LogP contribution in [0.25, 0.3) is 10.2 Å². The molecule has 152 valence electrons. The average Bonchev–Trinajstić information content (AvgIpc) is 3.00. The summed E-state index contributed by atoms with van der Waals surface area (Å²) in [5.74, 6) is -0.426. The second-order valence-corrected chi connectivity index (χ2v) is 8.14. The molecule has 8 heteroatoms. The molecule has 0 saturated carbocycles. The molecule has 0 spiro atoms. The summed E-state index contributed by atoms with van der Waals surface area (Å²) in [4.78, 5) is 43.2. The van der Waals surface area contributed by atoms with Gasteiger partial charge in [0.2, 0.25) is 5.91 Å². The van der Waals surface area contributed by atoms with Gasteiger partial charge in [-0.05, 0) is 44.9 Å². The first-order valence-electron chi connectivity index (χ1n) is 9.38. The number of anilines is 1. The van der Waals surface area contributed by atoms with Crippen molar-refractivity contribution in [3.8, 4) is 0 Å². The second kappa shape index (κ2) is 7.79. The van der Waals surface area contributed by atoms with E-state index in [1.807, 2.05) is 39.0 Å². The van der Waals surface area contributed by atoms with E-state index in [2.05, 4.69) is 10.3 Å². The van der Waals surface area contributed by atoms with Crippen molar-refractivity contribution in [1.82, 2.24) is 9.55 Å². The Bertz CT molecular complexity index is 1190. The monoisotopic (exact) mass is 412 g/mol. The van der Waals surface area contributed by atoms with Crippen molar-refractivity contribution in [3.05, 3.63) is 55.9 Å². The highest BCUT2D eigenvalue weighted by Gasteiger charge is 2.24. The number of hydrogen-bond acceptors (Lipinski definition) is 5. The zero-order valence-electron chi connectivity index (χ0n) is 17.1. The summed E-state index contributed by atoms with van der Waals surface area (Å²) in [5.41, 5.74) is 8.41. The summed E-state index contributed by atoms with van der Waals surface area (Å²) in [7, 11) is 0. The highest BCUT2D eigenvalue weighted by Crippen LogP contribution is 2.29. The standard InChI is InChI=1S/C21H24N4O3S/c1-6-15-24-20-16(21(28)25(15)13(5)18(22)26)12(4)17(29-20)19(27)23-14-8-7-10(2)9-11(14)3/h7-9,13H,6H2,1-5H3,(H2,22,26)(H,23,27). The Balaban J connectivity index is 2.12. The van der Waals surface area contributed by atoms with Crippen LogP contribution in [0.1, 0.15) is 52.1 Å². The van der Waals surface area contributed by atoms with E-state index < -0.39 is 11.9 Å². The number of nitrogens with two attached hydrogens (primary N) is 1. The van der Waals surface area contributed by atoms with Gasteiger partial charge in [0.25, 0.3) is 11.5 Å². The maximum Gasteiger partial charge on any atom is 0.266 e. The van der Waals surface area contributed by atoms with Gasteiger partial charge >= 0.3 is 0 Å². The second-order valence-electron chi connectivity index (χ2n) is 7.14. The molecule has 2 aromatic heterocycles. The van der Waals surface area contributed by atoms with E-state index in [4.69, 9.17) is 5.73 Å². The molecule has 0 radical (unpaired) electrons. The third-order valence-corrected chi connectivity index (χ3v) is 6.21. The largest absolute Gasteiger partial charge is 0.368 e. The number of amides is 2. The minimum atomic E-state index is -0.818. The zero-order chi connectivity index (χ0) is 21.5. The van der Waals surface area contributed by atoms with Crippen molar-refractivity contribution in [2.75, 3.05) is 5.32 Å². The van der Waals surface area contributed by atoms with Crippen LogP contribution in [-0.4, -0.2) is 21.4 Å². The predicted octanol–water partition coefficient (Wildman–Crippen LogP) is 3.24. The minimum Gasteiger partial charge on any atom is -0.368 e. The van der Waals surface area contributed by atoms with E-state index in [-0.39, 0.29) is 11.5 Å². The Morgan fingerprint density at radius 2 is 1.97 bits per heavy atom. The van der Waals surface area contributed by atoms with Gasteiger partial charge in [-0.25, -0.2) is 4.98 Å². The molecule has 1 aromatic carbocycles. The van der Waals surface area contributed by atoms with Gasteiger partial charge in [-0.1, -0.05) is 24.6 Å². The van der Waals surface area contributed by atoms with Crippen LogP contribution in [0, 0.1) is 20.8 Å². The van der Waals surface area contributed by atoms with Gasteiger partial charge in [0, 0.05) is 12.1 Å². The molecular weight excluding hydrogens is 388 g/mol. The number of aromatic nitrogens is 2. The molecule has 3 N–H and O–H groups in total. The Morgan fingerprint density at radius 1 is 1.28 bits per heavy atom. The Labute approximate surface area is 172 Å². The highest BCUT2D eigenvalue weighted by atomic mass is 32.1. The summed E-state index contributed by atoms with van der Waals surface area (Å²) in [6.45, 7) is 9.07. The van der Waals surface area contributed by atoms with E-state index in [0.717, 1.165) is 16.8 Å². The van der Waals surface area contributed by atoms with Crippen LogP contribution < -0.4 is 16.6 Å². The Morgan fingerprint density at radius 3 is 2.55 bits per heavy atom. The summed E-state index contributed by atoms with van der Waals surface area (Å²) < 4.78 is 1.33. The van der Waals surface area contributed by atoms with Crippen molar-refractivity contribution in [3.63, 3.8) is 0 Å². The van der Waals surface area contributed by atoms with Crippen LogP contribution in [0.15, 0.2) is 23.0 Å². The lowest BCUT2D eigenvalue weighted by Crippen LogP contribution is -2.34. The minimum absolute atomic E-state index is 0.288. The number of hydrogen-bond donors (Lipinski definition) is 2. The normalized spacial score (nSPS) is 12.2. The van der Waals surface area contributed by atoms with Crippen molar-refractivity contribution in [2.45, 2.75) is 47.1 Å². The molecule has 0 bridgehead atoms. The van der Waals surface area contributed by atoms with Crippen LogP contribution in [0.4, 0.5) is 5.69 Å². The fraction of sp³-hybridized carbons (Fsp3) is 0.333. The van der Waals surface area contributed by atoms with Crippen LogP contribution >= 0.6 is 11.3 Å². The van der Waals surface area contributed by atoms with E-state index >= 15 is 0 Å². The summed E-state index contributed by atoms with van der Waals surface area (Å²) >= 11 is 1.18. The summed E-state index contributed by atoms with van der Waals surface area (Å²) in [6.07, 6.45) is 0.462. The molecule has 2 amide bonds. The molecule has 0 fully saturated rings. The van der Waals surface area contributed by atoms with Crippen LogP contribution in [-0.2, 0) is 11.2 Å². The first-order chi connectivity index (χ1) is 13.6. The number of thiophene rings is 1. The smallest absolute Gasteiger partial charge is 0.266 e. The van der Waals surface area contributed by atoms with Crippen LogP contribution in [0.3, 0.4) is 0 Å². The molecule has 1 unspecified atom stereocenters. The van der Waals surface area contributed by atoms with Crippen molar-refractivity contribution in [2.24, 2.45) is 5.73 Å². The molecule has 7 nitrogen and oxygen atoms in total. The molecule has 0 aliphatic rings. The van der Waals surface area contributed by atoms with Crippen molar-refractivity contribution in [1.29, 1.82) is 0 Å². The quantitative estimate of drug-likeness (QED) is 0.671. The lowest BCUT2D eigenvalue weighted by atomic mass is 10.1. The molecule has 29 heavy (non-hydrogen) atoms. The fourth-order valence-electron chi connectivity index (χ4n) is 3.36. The van der Waals surface area contributed by atoms with Crippen LogP contribution in [0.2, 0.25) is 0 Å². The third kappa shape index (κ3) is 3.67. The van der Waals surface area contributed by atoms with Crippen LogP contribution in [0.5, 0.6) is 0 Å². The van der Waals surface area contributed by atoms with Gasteiger partial charge in [-0.15, -0.1) is 11.3 Å². The number of benzene rings is 1. The van der Waals surface area contributed by atoms with Gasteiger partial charge in [-0.2, -0.15) is 0 Å². The van der Waals surface area contributed by atoms with E-state index in [1.54, 1.807) is 13.8 Å². The van der Waals surface area contributed by atoms with Gasteiger partial charge < -0.3 is 11.1 Å². The fourth-order valence-corrected chi connectivity index (χ4v) is 4.45. The lowest BCUT2D eigenvalue weighted by Gasteiger charge is -2.15. The Hall–Kier alpha value is -3.00. The number of nitrogens with one attached hydrogen (secondary N) is 1. The first kappa shape index (κ1) is 20.7. The average molecular weight is 413 g/mol. The molecule has 0 aliphatic heterocycles. The van der Waals surface area contributed by atoms with Gasteiger partial charge in [0.15, 0.2) is 0 Å². The van der Waals surface area contributed by atoms with Gasteiger partial charge in [0.1, 0.15) is 16.7 Å². The summed E-state index contributed by atoms with van der Waals surface area (Å²) in [6, 6.07) is 4.97. The van der Waals surface area contributed by atoms with E-state index in [1.165, 1.54) is 15.9 Å². The van der Waals surface area contributed by atoms with Crippen molar-refractivity contribution < 1.29 is 9.59 Å². The molecule has 0 aliphatic carbocycles. The summed E-state index contributed by atoms with van der Waals surface area (Å²) in [5, 5.41) is 3.27. The lowest BCUT2D eigenvalue weighted by molar-refractivity contribution is -0.120. The number of carbonyl (C=O) groups excluding carboxylic acids is 2. The number of rotatable bonds is 5. The first-order valence-corrected chi connectivity index (χ1v) is 10.2. The number of fused-ring (bicyclic) bond motifs is 1.